The predicted octanol–water partition coefficient (Wildman–Crippen LogP) is 2.78. The maximum Gasteiger partial charge on any atom is 0.240 e. The van der Waals surface area contributed by atoms with Gasteiger partial charge in [-0.3, -0.25) is 4.99 Å². The molecule has 3 rings (SSSR count). The van der Waals surface area contributed by atoms with Crippen LogP contribution in [0.2, 0.25) is 0 Å². The van der Waals surface area contributed by atoms with E-state index < -0.39 is 10.0 Å². The summed E-state index contributed by atoms with van der Waals surface area (Å²) in [5.74, 6) is 0.741. The maximum atomic E-state index is 12.1. The number of aliphatic imine (C=N–C) groups is 1. The highest BCUT2D eigenvalue weighted by Crippen LogP contribution is 2.18. The van der Waals surface area contributed by atoms with Gasteiger partial charge in [-0.15, -0.1) is 24.0 Å². The van der Waals surface area contributed by atoms with E-state index in [2.05, 4.69) is 32.5 Å². The molecule has 0 saturated carbocycles. The molecule has 1 unspecified atom stereocenters. The van der Waals surface area contributed by atoms with Crippen LogP contribution in [0, 0.1) is 0 Å². The van der Waals surface area contributed by atoms with Crippen LogP contribution in [-0.2, 0) is 16.6 Å². The molecule has 0 radical (unpaired) electrons. The first-order chi connectivity index (χ1) is 12.6. The van der Waals surface area contributed by atoms with E-state index in [0.717, 1.165) is 24.5 Å². The Kier molecular flexibility index (Phi) is 8.06. The molecule has 1 aliphatic heterocycles. The highest BCUT2D eigenvalue weighted by Gasteiger charge is 2.17. The molecule has 0 bridgehead atoms. The van der Waals surface area contributed by atoms with Crippen LogP contribution in [0.3, 0.4) is 0 Å². The van der Waals surface area contributed by atoms with Gasteiger partial charge in [-0.2, -0.15) is 0 Å². The first-order valence-corrected chi connectivity index (χ1v) is 10.2. The summed E-state index contributed by atoms with van der Waals surface area (Å²) in [6.45, 7) is 3.39. The first-order valence-electron chi connectivity index (χ1n) is 8.77. The summed E-state index contributed by atoms with van der Waals surface area (Å²) in [6.07, 6.45) is 0.950. The van der Waals surface area contributed by atoms with Crippen LogP contribution >= 0.6 is 24.0 Å². The number of benzene rings is 2. The monoisotopic (exact) mass is 500 g/mol. The number of hydrogen-bond donors (Lipinski definition) is 3. The van der Waals surface area contributed by atoms with Crippen molar-refractivity contribution in [2.24, 2.45) is 4.99 Å². The summed E-state index contributed by atoms with van der Waals surface area (Å²) < 4.78 is 26.8. The lowest BCUT2D eigenvalue weighted by molar-refractivity contribution is 0.555. The maximum absolute atomic E-state index is 12.1. The lowest BCUT2D eigenvalue weighted by Gasteiger charge is -2.25. The Morgan fingerprint density at radius 2 is 1.93 bits per heavy atom. The lowest BCUT2D eigenvalue weighted by atomic mass is 10.0. The van der Waals surface area contributed by atoms with Crippen molar-refractivity contribution in [2.75, 3.05) is 13.1 Å². The topological polar surface area (TPSA) is 82.6 Å². The van der Waals surface area contributed by atoms with Gasteiger partial charge in [-0.25, -0.2) is 13.1 Å². The van der Waals surface area contributed by atoms with E-state index >= 15 is 0 Å². The molecule has 0 saturated heterocycles. The molecule has 2 aromatic rings. The molecule has 6 nitrogen and oxygen atoms in total. The van der Waals surface area contributed by atoms with Gasteiger partial charge in [-0.1, -0.05) is 49.4 Å². The number of sulfonamides is 1. The minimum atomic E-state index is -3.44. The van der Waals surface area contributed by atoms with Crippen molar-refractivity contribution >= 4 is 40.0 Å². The molecule has 2 aromatic carbocycles. The highest BCUT2D eigenvalue weighted by molar-refractivity contribution is 14.0. The van der Waals surface area contributed by atoms with Gasteiger partial charge in [0.2, 0.25) is 10.0 Å². The van der Waals surface area contributed by atoms with Crippen LogP contribution in [-0.4, -0.2) is 27.5 Å². The molecule has 0 fully saturated rings. The van der Waals surface area contributed by atoms with Crippen molar-refractivity contribution in [3.63, 3.8) is 0 Å². The quantitative estimate of drug-likeness (QED) is 0.533. The van der Waals surface area contributed by atoms with E-state index in [4.69, 9.17) is 0 Å². The number of nitrogens with one attached hydrogen (secondary N) is 3. The summed E-state index contributed by atoms with van der Waals surface area (Å²) >= 11 is 0. The van der Waals surface area contributed by atoms with Gasteiger partial charge >= 0.3 is 0 Å². The Hall–Kier alpha value is -1.65. The minimum Gasteiger partial charge on any atom is -0.352 e. The summed E-state index contributed by atoms with van der Waals surface area (Å²) in [5.41, 5.74) is 2.12. The average Bonchev–Trinajstić information content (AvgIpc) is 2.67. The predicted molar refractivity (Wildman–Crippen MR) is 119 cm³/mol. The van der Waals surface area contributed by atoms with Crippen molar-refractivity contribution < 1.29 is 8.42 Å². The molecule has 0 aromatic heterocycles. The van der Waals surface area contributed by atoms with E-state index in [1.54, 1.807) is 25.1 Å². The summed E-state index contributed by atoms with van der Waals surface area (Å²) in [6, 6.07) is 17.5. The zero-order chi connectivity index (χ0) is 18.4. The molecule has 1 atom stereocenters. The van der Waals surface area contributed by atoms with Crippen molar-refractivity contribution in [3.05, 3.63) is 65.7 Å². The fourth-order valence-electron chi connectivity index (χ4n) is 2.91. The number of guanidine groups is 1. The normalized spacial score (nSPS) is 16.6. The van der Waals surface area contributed by atoms with Crippen LogP contribution in [0.15, 0.2) is 64.5 Å². The first kappa shape index (κ1) is 21.6. The van der Waals surface area contributed by atoms with E-state index in [-0.39, 0.29) is 34.9 Å². The van der Waals surface area contributed by atoms with Gasteiger partial charge in [0, 0.05) is 19.6 Å². The van der Waals surface area contributed by atoms with Crippen LogP contribution in [0.5, 0.6) is 0 Å². The van der Waals surface area contributed by atoms with Gasteiger partial charge in [0.25, 0.3) is 0 Å². The van der Waals surface area contributed by atoms with Gasteiger partial charge in [0.15, 0.2) is 5.96 Å². The molecular weight excluding hydrogens is 475 g/mol. The molecule has 27 heavy (non-hydrogen) atoms. The molecule has 0 amide bonds. The molecule has 1 aliphatic rings. The molecule has 1 heterocycles. The SMILES string of the molecule is CCNS(=O)(=O)c1cccc(CNC2=NCCC(c3ccccc3)N2)c1.I. The lowest BCUT2D eigenvalue weighted by Crippen LogP contribution is -2.42. The second-order valence-electron chi connectivity index (χ2n) is 6.13. The Morgan fingerprint density at radius 1 is 1.15 bits per heavy atom. The molecule has 0 spiro atoms. The third-order valence-electron chi connectivity index (χ3n) is 4.20. The average molecular weight is 500 g/mol. The summed E-state index contributed by atoms with van der Waals surface area (Å²) in [4.78, 5) is 4.76. The second-order valence-corrected chi connectivity index (χ2v) is 7.90. The number of halogens is 1. The third-order valence-corrected chi connectivity index (χ3v) is 5.75. The highest BCUT2D eigenvalue weighted by atomic mass is 127. The van der Waals surface area contributed by atoms with E-state index in [0.29, 0.717) is 13.1 Å². The van der Waals surface area contributed by atoms with Gasteiger partial charge < -0.3 is 10.6 Å². The van der Waals surface area contributed by atoms with Crippen LogP contribution in [0.25, 0.3) is 0 Å². The molecule has 8 heteroatoms. The number of hydrogen-bond acceptors (Lipinski definition) is 5. The Morgan fingerprint density at radius 3 is 2.67 bits per heavy atom. The zero-order valence-corrected chi connectivity index (χ0v) is 18.3. The van der Waals surface area contributed by atoms with Crippen LogP contribution in [0.4, 0.5) is 0 Å². The standard InChI is InChI=1S/C19H24N4O2S.HI/c1-2-22-26(24,25)17-10-6-7-15(13-17)14-21-19-20-12-11-18(23-19)16-8-4-3-5-9-16;/h3-10,13,18,22H,2,11-12,14H2,1H3,(H2,20,21,23);1H. The second kappa shape index (κ2) is 10.0. The van der Waals surface area contributed by atoms with Gasteiger partial charge in [0.1, 0.15) is 0 Å². The Balaban J connectivity index is 0.00000261. The molecular formula is C19H25IN4O2S. The Bertz CT molecular complexity index is 872. The van der Waals surface area contributed by atoms with Crippen molar-refractivity contribution in [3.8, 4) is 0 Å². The van der Waals surface area contributed by atoms with Crippen molar-refractivity contribution in [1.29, 1.82) is 0 Å². The van der Waals surface area contributed by atoms with E-state index in [1.165, 1.54) is 5.56 Å². The molecule has 146 valence electrons. The van der Waals surface area contributed by atoms with E-state index in [1.807, 2.05) is 24.3 Å². The van der Waals surface area contributed by atoms with Gasteiger partial charge in [-0.05, 0) is 29.7 Å². The number of rotatable bonds is 6. The van der Waals surface area contributed by atoms with Crippen molar-refractivity contribution in [1.82, 2.24) is 15.4 Å². The fraction of sp³-hybridized carbons (Fsp3) is 0.316. The molecule has 3 N–H and O–H groups in total. The zero-order valence-electron chi connectivity index (χ0n) is 15.2. The van der Waals surface area contributed by atoms with Crippen molar-refractivity contribution in [2.45, 2.75) is 30.8 Å². The minimum absolute atomic E-state index is 0. The molecule has 0 aliphatic carbocycles. The fourth-order valence-corrected chi connectivity index (χ4v) is 4.02. The number of nitrogens with zero attached hydrogens (tertiary/aromatic N) is 1. The third kappa shape index (κ3) is 5.91. The largest absolute Gasteiger partial charge is 0.352 e. The summed E-state index contributed by atoms with van der Waals surface area (Å²) in [5, 5.41) is 6.69. The van der Waals surface area contributed by atoms with Crippen LogP contribution in [0.1, 0.15) is 30.5 Å². The van der Waals surface area contributed by atoms with Gasteiger partial charge in [0.05, 0.1) is 10.9 Å². The Labute approximate surface area is 177 Å². The van der Waals surface area contributed by atoms with E-state index in [9.17, 15) is 8.42 Å². The summed E-state index contributed by atoms with van der Waals surface area (Å²) in [7, 11) is -3.44. The van der Waals surface area contributed by atoms with Crippen LogP contribution < -0.4 is 15.4 Å². The smallest absolute Gasteiger partial charge is 0.240 e.